The third kappa shape index (κ3) is 3.24. The predicted octanol–water partition coefficient (Wildman–Crippen LogP) is 2.03. The van der Waals surface area contributed by atoms with E-state index >= 15 is 0 Å². The Balaban J connectivity index is 2.33. The van der Waals surface area contributed by atoms with Gasteiger partial charge in [-0.1, -0.05) is 30.3 Å². The maximum absolute atomic E-state index is 9.13. The van der Waals surface area contributed by atoms with E-state index in [1.54, 1.807) is 0 Å². The summed E-state index contributed by atoms with van der Waals surface area (Å²) in [6.07, 6.45) is 2.09. The molecule has 1 N–H and O–H groups in total. The minimum Gasteiger partial charge on any atom is -0.392 e. The quantitative estimate of drug-likeness (QED) is 0.709. The Bertz CT molecular complexity index is 210. The van der Waals surface area contributed by atoms with Gasteiger partial charge in [0.2, 0.25) is 0 Å². The number of rotatable bonds is 4. The molecule has 0 aliphatic carbocycles. The van der Waals surface area contributed by atoms with Crippen molar-refractivity contribution in [1.82, 2.24) is 0 Å². The van der Waals surface area contributed by atoms with Crippen molar-refractivity contribution in [2.45, 2.75) is 12.5 Å². The summed E-state index contributed by atoms with van der Waals surface area (Å²) in [5.41, 5.74) is 1.20. The smallest absolute Gasteiger partial charge is 0.0710 e. The van der Waals surface area contributed by atoms with Gasteiger partial charge in [0, 0.05) is 5.88 Å². The molecule has 0 aromatic heterocycles. The second kappa shape index (κ2) is 5.18. The van der Waals surface area contributed by atoms with Gasteiger partial charge in [0.25, 0.3) is 0 Å². The van der Waals surface area contributed by atoms with Gasteiger partial charge in [0.1, 0.15) is 0 Å². The van der Waals surface area contributed by atoms with E-state index in [1.807, 2.05) is 36.8 Å². The summed E-state index contributed by atoms with van der Waals surface area (Å²) in [7, 11) is 0. The maximum Gasteiger partial charge on any atom is 0.0710 e. The van der Waals surface area contributed by atoms with E-state index in [0.29, 0.717) is 0 Å². The Morgan fingerprint density at radius 1 is 1.33 bits per heavy atom. The van der Waals surface area contributed by atoms with Crippen LogP contribution in [-0.4, -0.2) is 17.1 Å². The van der Waals surface area contributed by atoms with Gasteiger partial charge in [-0.2, -0.15) is 0 Å². The molecular weight excluding hydrogens is 172 g/mol. The van der Waals surface area contributed by atoms with Gasteiger partial charge >= 0.3 is 0 Å². The van der Waals surface area contributed by atoms with E-state index in [2.05, 4.69) is 0 Å². The number of benzene rings is 1. The first kappa shape index (κ1) is 9.56. The lowest BCUT2D eigenvalue weighted by atomic mass is 10.1. The minimum absolute atomic E-state index is 0.271. The lowest BCUT2D eigenvalue weighted by molar-refractivity contribution is 0.228. The zero-order valence-electron chi connectivity index (χ0n) is 6.78. The zero-order chi connectivity index (χ0) is 8.81. The van der Waals surface area contributed by atoms with Gasteiger partial charge in [0.15, 0.2) is 0 Å². The van der Waals surface area contributed by atoms with E-state index in [9.17, 15) is 0 Å². The van der Waals surface area contributed by atoms with Gasteiger partial charge in [-0.05, 0) is 18.4 Å². The zero-order valence-corrected chi connectivity index (χ0v) is 7.54. The fourth-order valence-corrected chi connectivity index (χ4v) is 1.08. The van der Waals surface area contributed by atoms with Crippen molar-refractivity contribution in [2.24, 2.45) is 0 Å². The van der Waals surface area contributed by atoms with Gasteiger partial charge in [0.05, 0.1) is 6.10 Å². The van der Waals surface area contributed by atoms with Crippen LogP contribution in [0.2, 0.25) is 0 Å². The molecule has 0 fully saturated rings. The molecule has 2 heteroatoms. The van der Waals surface area contributed by atoms with Gasteiger partial charge in [-0.15, -0.1) is 11.6 Å². The summed E-state index contributed by atoms with van der Waals surface area (Å²) in [6, 6.07) is 9.99. The van der Waals surface area contributed by atoms with Crippen molar-refractivity contribution < 1.29 is 5.11 Å². The Morgan fingerprint density at radius 3 is 2.58 bits per heavy atom. The summed E-state index contributed by atoms with van der Waals surface area (Å²) in [6.45, 7) is 0. The molecule has 1 atom stereocenters. The lowest BCUT2D eigenvalue weighted by Crippen LogP contribution is -2.10. The first-order valence-corrected chi connectivity index (χ1v) is 4.47. The topological polar surface area (TPSA) is 20.2 Å². The molecule has 1 aromatic rings. The van der Waals surface area contributed by atoms with E-state index in [0.717, 1.165) is 6.42 Å². The first-order valence-electron chi connectivity index (χ1n) is 3.94. The van der Waals surface area contributed by atoms with Gasteiger partial charge < -0.3 is 5.11 Å². The van der Waals surface area contributed by atoms with Crippen molar-refractivity contribution >= 4 is 11.6 Å². The molecule has 1 aromatic carbocycles. The molecule has 1 radical (unpaired) electrons. The third-order valence-electron chi connectivity index (χ3n) is 1.63. The highest BCUT2D eigenvalue weighted by Gasteiger charge is 2.01. The standard InChI is InChI=1S/C10H12ClO/c11-8-10(12)7-6-9-4-2-1-3-5-9/h1-5,7,10,12H,6,8H2. The Hall–Kier alpha value is -0.530. The SMILES string of the molecule is OC([CH]Cc1ccccc1)CCl. The molecule has 65 valence electrons. The fraction of sp³-hybridized carbons (Fsp3) is 0.300. The maximum atomic E-state index is 9.13. The summed E-state index contributed by atoms with van der Waals surface area (Å²) >= 11 is 5.44. The molecule has 0 saturated carbocycles. The van der Waals surface area contributed by atoms with Crippen molar-refractivity contribution in [1.29, 1.82) is 0 Å². The van der Waals surface area contributed by atoms with Crippen LogP contribution < -0.4 is 0 Å². The van der Waals surface area contributed by atoms with E-state index < -0.39 is 6.10 Å². The molecule has 0 amide bonds. The molecule has 1 rings (SSSR count). The first-order chi connectivity index (χ1) is 5.83. The van der Waals surface area contributed by atoms with Crippen LogP contribution in [0, 0.1) is 6.42 Å². The molecule has 0 heterocycles. The fourth-order valence-electron chi connectivity index (χ4n) is 0.949. The lowest BCUT2D eigenvalue weighted by Gasteiger charge is -2.04. The van der Waals surface area contributed by atoms with E-state index in [-0.39, 0.29) is 5.88 Å². The van der Waals surface area contributed by atoms with Crippen LogP contribution in [0.15, 0.2) is 30.3 Å². The number of aliphatic hydroxyl groups excluding tert-OH is 1. The molecule has 1 unspecified atom stereocenters. The second-order valence-corrected chi connectivity index (χ2v) is 2.96. The summed E-state index contributed by atoms with van der Waals surface area (Å²) in [4.78, 5) is 0. The predicted molar refractivity (Wildman–Crippen MR) is 51.2 cm³/mol. The molecule has 1 nitrogen and oxygen atoms in total. The number of halogens is 1. The van der Waals surface area contributed by atoms with Crippen LogP contribution in [0.3, 0.4) is 0 Å². The summed E-state index contributed by atoms with van der Waals surface area (Å²) < 4.78 is 0. The number of hydrogen-bond acceptors (Lipinski definition) is 1. The van der Waals surface area contributed by atoms with Crippen LogP contribution in [0.25, 0.3) is 0 Å². The summed E-state index contributed by atoms with van der Waals surface area (Å²) in [5, 5.41) is 9.13. The van der Waals surface area contributed by atoms with Crippen molar-refractivity contribution in [3.05, 3.63) is 42.3 Å². The Morgan fingerprint density at radius 2 is 2.00 bits per heavy atom. The average Bonchev–Trinajstić information content (AvgIpc) is 2.16. The molecule has 0 aliphatic rings. The largest absolute Gasteiger partial charge is 0.392 e. The number of aliphatic hydroxyl groups is 1. The van der Waals surface area contributed by atoms with Crippen LogP contribution in [0.5, 0.6) is 0 Å². The van der Waals surface area contributed by atoms with Crippen molar-refractivity contribution in [3.8, 4) is 0 Å². The molecule has 0 aliphatic heterocycles. The molecular formula is C10H12ClO. The highest BCUT2D eigenvalue weighted by molar-refractivity contribution is 6.18. The highest BCUT2D eigenvalue weighted by atomic mass is 35.5. The molecule has 0 saturated heterocycles. The van der Waals surface area contributed by atoms with Crippen molar-refractivity contribution in [2.75, 3.05) is 5.88 Å². The summed E-state index contributed by atoms with van der Waals surface area (Å²) in [5.74, 6) is 0.271. The van der Waals surface area contributed by atoms with E-state index in [1.165, 1.54) is 5.56 Å². The number of hydrogen-bond donors (Lipinski definition) is 1. The van der Waals surface area contributed by atoms with E-state index in [4.69, 9.17) is 16.7 Å². The second-order valence-electron chi connectivity index (χ2n) is 2.65. The van der Waals surface area contributed by atoms with Crippen LogP contribution in [0.1, 0.15) is 5.56 Å². The van der Waals surface area contributed by atoms with Crippen LogP contribution in [-0.2, 0) is 6.42 Å². The molecule has 0 spiro atoms. The van der Waals surface area contributed by atoms with Gasteiger partial charge in [-0.25, -0.2) is 0 Å². The van der Waals surface area contributed by atoms with Crippen LogP contribution in [0.4, 0.5) is 0 Å². The molecule has 0 bridgehead atoms. The highest BCUT2D eigenvalue weighted by Crippen LogP contribution is 2.04. The number of alkyl halides is 1. The Labute approximate surface area is 78.0 Å². The average molecular weight is 184 g/mol. The minimum atomic E-state index is -0.494. The Kier molecular flexibility index (Phi) is 4.12. The van der Waals surface area contributed by atoms with Crippen molar-refractivity contribution in [3.63, 3.8) is 0 Å². The molecule has 12 heavy (non-hydrogen) atoms. The van der Waals surface area contributed by atoms with Gasteiger partial charge in [-0.3, -0.25) is 0 Å². The third-order valence-corrected chi connectivity index (χ3v) is 1.94. The van der Waals surface area contributed by atoms with Crippen LogP contribution >= 0.6 is 11.6 Å². The normalized spacial score (nSPS) is 12.8. The monoisotopic (exact) mass is 183 g/mol.